The first-order valence-electron chi connectivity index (χ1n) is 5.20. The van der Waals surface area contributed by atoms with Crippen molar-refractivity contribution in [1.29, 1.82) is 0 Å². The summed E-state index contributed by atoms with van der Waals surface area (Å²) in [5.41, 5.74) is 10.4. The van der Waals surface area contributed by atoms with Crippen LogP contribution in [-0.2, 0) is 9.63 Å². The number of benzene rings is 1. The summed E-state index contributed by atoms with van der Waals surface area (Å²) in [5, 5.41) is 0. The molecule has 0 spiro atoms. The van der Waals surface area contributed by atoms with Crippen molar-refractivity contribution in [1.82, 2.24) is 5.48 Å². The van der Waals surface area contributed by atoms with E-state index in [9.17, 15) is 9.59 Å². The van der Waals surface area contributed by atoms with Gasteiger partial charge in [0.25, 0.3) is 5.91 Å². The van der Waals surface area contributed by atoms with Gasteiger partial charge in [-0.15, -0.1) is 0 Å². The Morgan fingerprint density at radius 2 is 1.76 bits per heavy atom. The largest absolute Gasteiger partial charge is 0.368 e. The second-order valence-corrected chi connectivity index (χ2v) is 3.96. The lowest BCUT2D eigenvalue weighted by Crippen LogP contribution is -2.30. The molecule has 0 saturated heterocycles. The molecule has 1 rings (SSSR count). The molecule has 0 unspecified atom stereocenters. The highest BCUT2D eigenvalue weighted by atomic mass is 16.7. The number of primary amides is 1. The van der Waals surface area contributed by atoms with Crippen LogP contribution in [0, 0.1) is 20.8 Å². The summed E-state index contributed by atoms with van der Waals surface area (Å²) < 4.78 is 0. The molecular weight excluding hydrogens is 220 g/mol. The summed E-state index contributed by atoms with van der Waals surface area (Å²) in [7, 11) is 0. The van der Waals surface area contributed by atoms with E-state index in [2.05, 4.69) is 10.3 Å². The zero-order valence-corrected chi connectivity index (χ0v) is 10.2. The maximum atomic E-state index is 11.8. The van der Waals surface area contributed by atoms with Crippen LogP contribution < -0.4 is 11.2 Å². The molecule has 2 amide bonds. The van der Waals surface area contributed by atoms with Gasteiger partial charge in [0.15, 0.2) is 6.61 Å². The summed E-state index contributed by atoms with van der Waals surface area (Å²) >= 11 is 0. The van der Waals surface area contributed by atoms with Crippen molar-refractivity contribution in [2.45, 2.75) is 20.8 Å². The molecule has 0 aliphatic rings. The summed E-state index contributed by atoms with van der Waals surface area (Å²) in [6.07, 6.45) is 0. The van der Waals surface area contributed by atoms with Crippen molar-refractivity contribution in [2.24, 2.45) is 5.73 Å². The van der Waals surface area contributed by atoms with Gasteiger partial charge in [0.2, 0.25) is 5.91 Å². The third-order valence-corrected chi connectivity index (χ3v) is 2.28. The number of hydrogen-bond acceptors (Lipinski definition) is 3. The lowest BCUT2D eigenvalue weighted by molar-refractivity contribution is -0.124. The molecule has 0 aromatic heterocycles. The Bertz CT molecular complexity index is 432. The van der Waals surface area contributed by atoms with E-state index < -0.39 is 5.91 Å². The van der Waals surface area contributed by atoms with Gasteiger partial charge in [0, 0.05) is 5.56 Å². The second kappa shape index (κ2) is 5.45. The van der Waals surface area contributed by atoms with E-state index in [4.69, 9.17) is 5.73 Å². The molecule has 5 heteroatoms. The molecule has 17 heavy (non-hydrogen) atoms. The molecule has 0 aliphatic carbocycles. The predicted octanol–water partition coefficient (Wildman–Crippen LogP) is 0.759. The van der Waals surface area contributed by atoms with Gasteiger partial charge in [-0.05, 0) is 31.9 Å². The highest BCUT2D eigenvalue weighted by molar-refractivity contribution is 5.96. The molecule has 0 saturated carbocycles. The molecule has 0 aliphatic heterocycles. The number of amides is 2. The number of hydroxylamine groups is 1. The number of hydrogen-bond donors (Lipinski definition) is 2. The van der Waals surface area contributed by atoms with Crippen molar-refractivity contribution in [3.8, 4) is 0 Å². The number of nitrogens with two attached hydrogens (primary N) is 1. The van der Waals surface area contributed by atoms with Crippen LogP contribution in [0.1, 0.15) is 27.0 Å². The third kappa shape index (κ3) is 3.57. The zero-order chi connectivity index (χ0) is 13.0. The highest BCUT2D eigenvalue weighted by Gasteiger charge is 2.12. The molecule has 92 valence electrons. The van der Waals surface area contributed by atoms with Crippen LogP contribution in [0.2, 0.25) is 0 Å². The summed E-state index contributed by atoms with van der Waals surface area (Å²) in [4.78, 5) is 26.9. The van der Waals surface area contributed by atoms with Gasteiger partial charge in [-0.3, -0.25) is 14.4 Å². The fourth-order valence-electron chi connectivity index (χ4n) is 1.76. The Morgan fingerprint density at radius 3 is 2.24 bits per heavy atom. The van der Waals surface area contributed by atoms with E-state index in [1.165, 1.54) is 0 Å². The van der Waals surface area contributed by atoms with E-state index in [-0.39, 0.29) is 12.5 Å². The van der Waals surface area contributed by atoms with Crippen LogP contribution in [-0.4, -0.2) is 18.4 Å². The lowest BCUT2D eigenvalue weighted by atomic mass is 9.99. The molecule has 0 radical (unpaired) electrons. The van der Waals surface area contributed by atoms with Gasteiger partial charge < -0.3 is 5.73 Å². The second-order valence-electron chi connectivity index (χ2n) is 3.96. The van der Waals surface area contributed by atoms with Crippen LogP contribution in [0.3, 0.4) is 0 Å². The first kappa shape index (κ1) is 13.2. The Labute approximate surface area is 99.9 Å². The van der Waals surface area contributed by atoms with Crippen molar-refractivity contribution in [3.05, 3.63) is 34.4 Å². The van der Waals surface area contributed by atoms with Gasteiger partial charge in [-0.1, -0.05) is 17.7 Å². The fourth-order valence-corrected chi connectivity index (χ4v) is 1.76. The first-order chi connectivity index (χ1) is 7.91. The lowest BCUT2D eigenvalue weighted by Gasteiger charge is -2.11. The Hall–Kier alpha value is -1.88. The van der Waals surface area contributed by atoms with E-state index in [1.807, 2.05) is 32.9 Å². The highest BCUT2D eigenvalue weighted by Crippen LogP contribution is 2.15. The maximum Gasteiger partial charge on any atom is 0.275 e. The predicted molar refractivity (Wildman–Crippen MR) is 63.3 cm³/mol. The van der Waals surface area contributed by atoms with Crippen LogP contribution >= 0.6 is 0 Å². The Kier molecular flexibility index (Phi) is 4.23. The fraction of sp³-hybridized carbons (Fsp3) is 0.333. The third-order valence-electron chi connectivity index (χ3n) is 2.28. The number of rotatable bonds is 4. The van der Waals surface area contributed by atoms with Gasteiger partial charge >= 0.3 is 0 Å². The normalized spacial score (nSPS) is 10.1. The van der Waals surface area contributed by atoms with Gasteiger partial charge in [-0.2, -0.15) is 0 Å². The molecule has 3 N–H and O–H groups in total. The number of carbonyl (C=O) groups is 2. The molecule has 0 heterocycles. The van der Waals surface area contributed by atoms with Crippen molar-refractivity contribution in [2.75, 3.05) is 6.61 Å². The van der Waals surface area contributed by atoms with Crippen LogP contribution in [0.5, 0.6) is 0 Å². The number of nitrogens with one attached hydrogen (secondary N) is 1. The van der Waals surface area contributed by atoms with E-state index in [0.717, 1.165) is 16.7 Å². The Morgan fingerprint density at radius 1 is 1.24 bits per heavy atom. The monoisotopic (exact) mass is 236 g/mol. The molecule has 1 aromatic rings. The maximum absolute atomic E-state index is 11.8. The molecule has 0 atom stereocenters. The van der Waals surface area contributed by atoms with Crippen molar-refractivity contribution >= 4 is 11.8 Å². The summed E-state index contributed by atoms with van der Waals surface area (Å²) in [5.74, 6) is -1.01. The average molecular weight is 236 g/mol. The van der Waals surface area contributed by atoms with Crippen molar-refractivity contribution < 1.29 is 14.4 Å². The number of carbonyl (C=O) groups excluding carboxylic acids is 2. The van der Waals surface area contributed by atoms with Crippen LogP contribution in [0.25, 0.3) is 0 Å². The van der Waals surface area contributed by atoms with Crippen molar-refractivity contribution in [3.63, 3.8) is 0 Å². The molecule has 0 fully saturated rings. The van der Waals surface area contributed by atoms with Crippen LogP contribution in [0.15, 0.2) is 12.1 Å². The average Bonchev–Trinajstić information content (AvgIpc) is 2.14. The molecule has 1 aromatic carbocycles. The first-order valence-corrected chi connectivity index (χ1v) is 5.20. The van der Waals surface area contributed by atoms with Crippen LogP contribution in [0.4, 0.5) is 0 Å². The smallest absolute Gasteiger partial charge is 0.275 e. The minimum atomic E-state index is -0.636. The van der Waals surface area contributed by atoms with Gasteiger partial charge in [0.1, 0.15) is 0 Å². The standard InChI is InChI=1S/C12H16N2O3/c1-7-4-8(2)11(9(3)5-7)12(16)14-17-6-10(13)15/h4-5H,6H2,1-3H3,(H2,13,15)(H,14,16). The molecule has 5 nitrogen and oxygen atoms in total. The minimum absolute atomic E-state index is 0.338. The van der Waals surface area contributed by atoms with E-state index in [0.29, 0.717) is 5.56 Å². The minimum Gasteiger partial charge on any atom is -0.368 e. The van der Waals surface area contributed by atoms with Gasteiger partial charge in [0.05, 0.1) is 0 Å². The zero-order valence-electron chi connectivity index (χ0n) is 10.2. The summed E-state index contributed by atoms with van der Waals surface area (Å²) in [6.45, 7) is 5.33. The van der Waals surface area contributed by atoms with E-state index >= 15 is 0 Å². The topological polar surface area (TPSA) is 81.4 Å². The molecular formula is C12H16N2O3. The van der Waals surface area contributed by atoms with Gasteiger partial charge in [-0.25, -0.2) is 5.48 Å². The summed E-state index contributed by atoms with van der Waals surface area (Å²) in [6, 6.07) is 3.83. The van der Waals surface area contributed by atoms with E-state index in [1.54, 1.807) is 0 Å². The molecule has 0 bridgehead atoms. The SMILES string of the molecule is Cc1cc(C)c(C(=O)NOCC(N)=O)c(C)c1. The number of aryl methyl sites for hydroxylation is 3. The Balaban J connectivity index is 2.79. The quantitative estimate of drug-likeness (QED) is 0.757.